The van der Waals surface area contributed by atoms with Crippen molar-refractivity contribution in [3.8, 4) is 0 Å². The van der Waals surface area contributed by atoms with Gasteiger partial charge in [0, 0.05) is 36.8 Å². The monoisotopic (exact) mass is 334 g/mol. The number of likely N-dealkylation sites (N-methyl/N-ethyl adjacent to an activating group) is 1. The highest BCUT2D eigenvalue weighted by Crippen LogP contribution is 2.32. The van der Waals surface area contributed by atoms with Crippen LogP contribution in [0.15, 0.2) is 42.5 Å². The second-order valence-corrected chi connectivity index (χ2v) is 7.12. The molecule has 2 aromatic carbocycles. The number of hydrogen-bond acceptors (Lipinski definition) is 1. The van der Waals surface area contributed by atoms with Gasteiger partial charge in [0.1, 0.15) is 5.82 Å². The summed E-state index contributed by atoms with van der Waals surface area (Å²) >= 11 is 0. The topological polar surface area (TPSA) is 8.17 Å². The van der Waals surface area contributed by atoms with Gasteiger partial charge < -0.3 is 9.47 Å². The lowest BCUT2D eigenvalue weighted by Gasteiger charge is -2.23. The zero-order valence-electron chi connectivity index (χ0n) is 15.0. The molecule has 0 unspecified atom stereocenters. The molecule has 3 heteroatoms. The Balaban J connectivity index is 1.90. The third-order valence-electron chi connectivity index (χ3n) is 5.16. The standard InChI is InChI=1S/C22H23FN2/c1-15-4-9-19-20-14-24(3)11-10-21(20)25(22(19)12-15)13-16(2)17-5-7-18(23)8-6-17/h4-9,12-13H,10-11,14H2,1-3H3/b16-13+. The molecule has 0 spiro atoms. The molecule has 4 rings (SSSR count). The molecule has 25 heavy (non-hydrogen) atoms. The minimum atomic E-state index is -0.195. The summed E-state index contributed by atoms with van der Waals surface area (Å²) in [6, 6.07) is 13.4. The molecule has 1 aliphatic rings. The van der Waals surface area contributed by atoms with Gasteiger partial charge in [-0.1, -0.05) is 24.3 Å². The van der Waals surface area contributed by atoms with E-state index >= 15 is 0 Å². The van der Waals surface area contributed by atoms with Crippen molar-refractivity contribution in [3.05, 3.63) is 70.7 Å². The van der Waals surface area contributed by atoms with Crippen molar-refractivity contribution in [2.45, 2.75) is 26.8 Å². The molecular formula is C22H23FN2. The number of benzene rings is 2. The molecular weight excluding hydrogens is 311 g/mol. The van der Waals surface area contributed by atoms with Crippen molar-refractivity contribution in [3.63, 3.8) is 0 Å². The lowest BCUT2D eigenvalue weighted by atomic mass is 10.0. The van der Waals surface area contributed by atoms with E-state index in [1.165, 1.54) is 39.9 Å². The summed E-state index contributed by atoms with van der Waals surface area (Å²) in [5, 5.41) is 1.34. The molecule has 0 bridgehead atoms. The number of aryl methyl sites for hydroxylation is 1. The zero-order chi connectivity index (χ0) is 17.6. The normalized spacial score (nSPS) is 15.6. The maximum atomic E-state index is 13.2. The van der Waals surface area contributed by atoms with Gasteiger partial charge in [0.2, 0.25) is 0 Å². The number of halogens is 1. The molecule has 1 aliphatic heterocycles. The largest absolute Gasteiger partial charge is 0.320 e. The summed E-state index contributed by atoms with van der Waals surface area (Å²) < 4.78 is 15.6. The van der Waals surface area contributed by atoms with Crippen molar-refractivity contribution < 1.29 is 4.39 Å². The average molecular weight is 334 g/mol. The first-order valence-corrected chi connectivity index (χ1v) is 8.78. The molecule has 0 radical (unpaired) electrons. The first kappa shape index (κ1) is 16.1. The number of aromatic nitrogens is 1. The summed E-state index contributed by atoms with van der Waals surface area (Å²) in [5.74, 6) is -0.195. The van der Waals surface area contributed by atoms with E-state index in [4.69, 9.17) is 0 Å². The fraction of sp³-hybridized carbons (Fsp3) is 0.273. The van der Waals surface area contributed by atoms with Crippen LogP contribution in [-0.4, -0.2) is 23.1 Å². The average Bonchev–Trinajstić information content (AvgIpc) is 2.88. The van der Waals surface area contributed by atoms with Crippen LogP contribution >= 0.6 is 0 Å². The Morgan fingerprint density at radius 2 is 1.88 bits per heavy atom. The molecule has 1 aromatic heterocycles. The fourth-order valence-electron chi connectivity index (χ4n) is 3.76. The predicted molar refractivity (Wildman–Crippen MR) is 103 cm³/mol. The van der Waals surface area contributed by atoms with Gasteiger partial charge in [0.15, 0.2) is 0 Å². The van der Waals surface area contributed by atoms with Crippen LogP contribution in [-0.2, 0) is 13.0 Å². The van der Waals surface area contributed by atoms with E-state index in [9.17, 15) is 4.39 Å². The van der Waals surface area contributed by atoms with Crippen molar-refractivity contribution >= 4 is 22.7 Å². The van der Waals surface area contributed by atoms with Crippen LogP contribution in [0, 0.1) is 12.7 Å². The predicted octanol–water partition coefficient (Wildman–Crippen LogP) is 5.09. The van der Waals surface area contributed by atoms with Crippen LogP contribution in [0.25, 0.3) is 22.7 Å². The SMILES string of the molecule is C/C(=C\n1c2c(c3ccc(C)cc31)CN(C)CC2)c1ccc(F)cc1. The molecule has 0 atom stereocenters. The smallest absolute Gasteiger partial charge is 0.123 e. The number of rotatable bonds is 2. The molecule has 3 aromatic rings. The lowest BCUT2D eigenvalue weighted by Crippen LogP contribution is -2.26. The lowest BCUT2D eigenvalue weighted by molar-refractivity contribution is 0.312. The second-order valence-electron chi connectivity index (χ2n) is 7.12. The van der Waals surface area contributed by atoms with Gasteiger partial charge in [-0.15, -0.1) is 0 Å². The number of hydrogen-bond donors (Lipinski definition) is 0. The second kappa shape index (κ2) is 6.16. The highest BCUT2D eigenvalue weighted by molar-refractivity contribution is 5.90. The fourth-order valence-corrected chi connectivity index (χ4v) is 3.76. The molecule has 0 fully saturated rings. The Morgan fingerprint density at radius 1 is 1.12 bits per heavy atom. The van der Waals surface area contributed by atoms with Crippen LogP contribution in [0.4, 0.5) is 4.39 Å². The summed E-state index contributed by atoms with van der Waals surface area (Å²) in [6.45, 7) is 6.30. The quantitative estimate of drug-likeness (QED) is 0.633. The summed E-state index contributed by atoms with van der Waals surface area (Å²) in [5.41, 5.74) is 7.57. The van der Waals surface area contributed by atoms with E-state index in [1.807, 2.05) is 12.1 Å². The third-order valence-corrected chi connectivity index (χ3v) is 5.16. The van der Waals surface area contributed by atoms with E-state index in [0.717, 1.165) is 30.6 Å². The van der Waals surface area contributed by atoms with E-state index in [-0.39, 0.29) is 5.82 Å². The number of allylic oxidation sites excluding steroid dienone is 1. The van der Waals surface area contributed by atoms with Gasteiger partial charge in [0.25, 0.3) is 0 Å². The summed E-state index contributed by atoms with van der Waals surface area (Å²) in [4.78, 5) is 2.38. The Morgan fingerprint density at radius 3 is 2.64 bits per heavy atom. The van der Waals surface area contributed by atoms with Crippen LogP contribution < -0.4 is 0 Å². The minimum Gasteiger partial charge on any atom is -0.320 e. The molecule has 0 N–H and O–H groups in total. The Labute approximate surface area is 148 Å². The first-order chi connectivity index (χ1) is 12.0. The van der Waals surface area contributed by atoms with Crippen LogP contribution in [0.2, 0.25) is 0 Å². The molecule has 128 valence electrons. The summed E-state index contributed by atoms with van der Waals surface area (Å²) in [6.07, 6.45) is 3.26. The van der Waals surface area contributed by atoms with Gasteiger partial charge in [0.05, 0.1) is 5.52 Å². The van der Waals surface area contributed by atoms with Crippen LogP contribution in [0.1, 0.15) is 29.3 Å². The Bertz CT molecular complexity index is 964. The molecule has 2 nitrogen and oxygen atoms in total. The van der Waals surface area contributed by atoms with Gasteiger partial charge in [-0.25, -0.2) is 4.39 Å². The maximum absolute atomic E-state index is 13.2. The number of fused-ring (bicyclic) bond motifs is 3. The van der Waals surface area contributed by atoms with E-state index in [2.05, 4.69) is 54.8 Å². The first-order valence-electron chi connectivity index (χ1n) is 8.78. The summed E-state index contributed by atoms with van der Waals surface area (Å²) in [7, 11) is 2.18. The Kier molecular flexibility index (Phi) is 3.97. The third kappa shape index (κ3) is 2.89. The van der Waals surface area contributed by atoms with Gasteiger partial charge in [-0.05, 0) is 61.4 Å². The molecule has 0 saturated carbocycles. The van der Waals surface area contributed by atoms with Gasteiger partial charge in [-0.2, -0.15) is 0 Å². The minimum absolute atomic E-state index is 0.195. The van der Waals surface area contributed by atoms with Crippen molar-refractivity contribution in [2.75, 3.05) is 13.6 Å². The molecule has 0 aliphatic carbocycles. The van der Waals surface area contributed by atoms with Gasteiger partial charge in [-0.3, -0.25) is 0 Å². The van der Waals surface area contributed by atoms with E-state index in [0.29, 0.717) is 0 Å². The van der Waals surface area contributed by atoms with E-state index < -0.39 is 0 Å². The maximum Gasteiger partial charge on any atom is 0.123 e. The molecule has 0 amide bonds. The van der Waals surface area contributed by atoms with Gasteiger partial charge >= 0.3 is 0 Å². The molecule has 0 saturated heterocycles. The highest BCUT2D eigenvalue weighted by Gasteiger charge is 2.21. The van der Waals surface area contributed by atoms with Crippen molar-refractivity contribution in [1.29, 1.82) is 0 Å². The molecule has 2 heterocycles. The highest BCUT2D eigenvalue weighted by atomic mass is 19.1. The van der Waals surface area contributed by atoms with Crippen molar-refractivity contribution in [1.82, 2.24) is 9.47 Å². The van der Waals surface area contributed by atoms with Crippen LogP contribution in [0.3, 0.4) is 0 Å². The van der Waals surface area contributed by atoms with Crippen LogP contribution in [0.5, 0.6) is 0 Å². The van der Waals surface area contributed by atoms with E-state index in [1.54, 1.807) is 0 Å². The zero-order valence-corrected chi connectivity index (χ0v) is 15.0. The van der Waals surface area contributed by atoms with Crippen molar-refractivity contribution in [2.24, 2.45) is 0 Å². The Hall–Kier alpha value is -2.39. The number of nitrogens with zero attached hydrogens (tertiary/aromatic N) is 2.